The molecule has 98 valence electrons. The minimum atomic E-state index is 0.0705. The number of piperidine rings is 1. The molecule has 1 aromatic heterocycles. The molecule has 2 unspecified atom stereocenters. The minimum Gasteiger partial charge on any atom is -0.338 e. The first-order valence-corrected chi connectivity index (χ1v) is 6.78. The predicted octanol–water partition coefficient (Wildman–Crippen LogP) is 3.16. The average molecular weight is 267 g/mol. The Hall–Kier alpha value is -1.09. The Morgan fingerprint density at radius 1 is 1.39 bits per heavy atom. The Morgan fingerprint density at radius 2 is 2.11 bits per heavy atom. The van der Waals surface area contributed by atoms with Crippen LogP contribution in [0.25, 0.3) is 0 Å². The third-order valence-corrected chi connectivity index (χ3v) is 3.98. The third kappa shape index (κ3) is 2.83. The maximum atomic E-state index is 12.4. The lowest BCUT2D eigenvalue weighted by Gasteiger charge is -2.35. The summed E-state index contributed by atoms with van der Waals surface area (Å²) in [4.78, 5) is 18.4. The van der Waals surface area contributed by atoms with E-state index in [1.165, 1.54) is 0 Å². The van der Waals surface area contributed by atoms with Gasteiger partial charge >= 0.3 is 0 Å². The molecule has 0 bridgehead atoms. The number of pyridine rings is 1. The highest BCUT2D eigenvalue weighted by Gasteiger charge is 2.26. The molecular weight excluding hydrogens is 248 g/mol. The van der Waals surface area contributed by atoms with Crippen LogP contribution in [0.15, 0.2) is 12.1 Å². The molecule has 1 saturated heterocycles. The van der Waals surface area contributed by atoms with E-state index in [9.17, 15) is 4.79 Å². The van der Waals surface area contributed by atoms with E-state index in [1.54, 1.807) is 12.1 Å². The highest BCUT2D eigenvalue weighted by atomic mass is 35.5. The van der Waals surface area contributed by atoms with Crippen LogP contribution in [0.3, 0.4) is 0 Å². The maximum absolute atomic E-state index is 12.4. The van der Waals surface area contributed by atoms with Crippen LogP contribution in [0.4, 0.5) is 0 Å². The van der Waals surface area contributed by atoms with Crippen LogP contribution in [0.5, 0.6) is 0 Å². The summed E-state index contributed by atoms with van der Waals surface area (Å²) < 4.78 is 0. The summed E-state index contributed by atoms with van der Waals surface area (Å²) in [6.07, 6.45) is 1.07. The fourth-order valence-corrected chi connectivity index (χ4v) is 2.63. The molecule has 0 radical (unpaired) electrons. The zero-order valence-electron chi connectivity index (χ0n) is 11.1. The number of rotatable bonds is 1. The number of carbonyl (C=O) groups is 1. The van der Waals surface area contributed by atoms with Crippen molar-refractivity contribution >= 4 is 17.5 Å². The van der Waals surface area contributed by atoms with E-state index in [-0.39, 0.29) is 5.91 Å². The van der Waals surface area contributed by atoms with Crippen LogP contribution in [-0.4, -0.2) is 28.9 Å². The van der Waals surface area contributed by atoms with Crippen molar-refractivity contribution in [3.63, 3.8) is 0 Å². The second-order valence-electron chi connectivity index (χ2n) is 5.31. The summed E-state index contributed by atoms with van der Waals surface area (Å²) in [5.74, 6) is 1.32. The Labute approximate surface area is 113 Å². The molecule has 0 saturated carbocycles. The highest BCUT2D eigenvalue weighted by Crippen LogP contribution is 2.24. The average Bonchev–Trinajstić information content (AvgIpc) is 2.30. The first kappa shape index (κ1) is 13.3. The molecule has 1 aromatic rings. The number of hydrogen-bond donors (Lipinski definition) is 0. The van der Waals surface area contributed by atoms with Crippen LogP contribution in [-0.2, 0) is 0 Å². The largest absolute Gasteiger partial charge is 0.338 e. The minimum absolute atomic E-state index is 0.0705. The topological polar surface area (TPSA) is 33.2 Å². The van der Waals surface area contributed by atoms with E-state index in [0.29, 0.717) is 22.6 Å². The number of amides is 1. The van der Waals surface area contributed by atoms with Crippen molar-refractivity contribution in [1.29, 1.82) is 0 Å². The number of hydrogen-bond acceptors (Lipinski definition) is 2. The number of aromatic nitrogens is 1. The predicted molar refractivity (Wildman–Crippen MR) is 72.8 cm³/mol. The number of carbonyl (C=O) groups excluding carboxylic acids is 1. The maximum Gasteiger partial charge on any atom is 0.254 e. The van der Waals surface area contributed by atoms with E-state index in [0.717, 1.165) is 25.2 Å². The van der Waals surface area contributed by atoms with Gasteiger partial charge in [0.15, 0.2) is 0 Å². The van der Waals surface area contributed by atoms with Crippen LogP contribution in [0.1, 0.15) is 36.3 Å². The van der Waals surface area contributed by atoms with Crippen LogP contribution < -0.4 is 0 Å². The lowest BCUT2D eigenvalue weighted by atomic mass is 9.88. The molecule has 0 aliphatic carbocycles. The molecule has 1 aliphatic rings. The molecule has 1 amide bonds. The monoisotopic (exact) mass is 266 g/mol. The van der Waals surface area contributed by atoms with Crippen molar-refractivity contribution in [3.8, 4) is 0 Å². The van der Waals surface area contributed by atoms with Crippen molar-refractivity contribution < 1.29 is 4.79 Å². The van der Waals surface area contributed by atoms with Gasteiger partial charge in [-0.15, -0.1) is 0 Å². The SMILES string of the molecule is Cc1cc(C(=O)N2CCC(C)C(C)C2)cc(Cl)n1. The zero-order valence-corrected chi connectivity index (χ0v) is 11.9. The molecule has 1 fully saturated rings. The number of halogens is 1. The summed E-state index contributed by atoms with van der Waals surface area (Å²) >= 11 is 5.90. The Kier molecular flexibility index (Phi) is 3.91. The zero-order chi connectivity index (χ0) is 13.3. The molecule has 18 heavy (non-hydrogen) atoms. The molecule has 1 aliphatic heterocycles. The third-order valence-electron chi connectivity index (χ3n) is 3.79. The van der Waals surface area contributed by atoms with Gasteiger partial charge in [-0.25, -0.2) is 4.98 Å². The van der Waals surface area contributed by atoms with Crippen molar-refractivity contribution in [2.75, 3.05) is 13.1 Å². The standard InChI is InChI=1S/C14H19ClN2O/c1-9-4-5-17(8-10(9)2)14(18)12-6-11(3)16-13(15)7-12/h6-7,9-10H,4-5,8H2,1-3H3. The Balaban J connectivity index is 2.16. The summed E-state index contributed by atoms with van der Waals surface area (Å²) in [6, 6.07) is 3.45. The molecule has 0 N–H and O–H groups in total. The van der Waals surface area contributed by atoms with Gasteiger partial charge < -0.3 is 4.90 Å². The number of likely N-dealkylation sites (tertiary alicyclic amines) is 1. The van der Waals surface area contributed by atoms with E-state index < -0.39 is 0 Å². The lowest BCUT2D eigenvalue weighted by Crippen LogP contribution is -2.42. The second-order valence-corrected chi connectivity index (χ2v) is 5.70. The molecule has 2 rings (SSSR count). The van der Waals surface area contributed by atoms with Gasteiger partial charge in [-0.1, -0.05) is 25.4 Å². The van der Waals surface area contributed by atoms with Crippen LogP contribution in [0.2, 0.25) is 5.15 Å². The van der Waals surface area contributed by atoms with Crippen molar-refractivity contribution in [2.24, 2.45) is 11.8 Å². The normalized spacial score (nSPS) is 24.1. The molecule has 0 spiro atoms. The Morgan fingerprint density at radius 3 is 2.72 bits per heavy atom. The second kappa shape index (κ2) is 5.27. The summed E-state index contributed by atoms with van der Waals surface area (Å²) in [5.41, 5.74) is 1.43. The van der Waals surface area contributed by atoms with Crippen LogP contribution in [0, 0.1) is 18.8 Å². The van der Waals surface area contributed by atoms with Gasteiger partial charge in [0.2, 0.25) is 0 Å². The van der Waals surface area contributed by atoms with E-state index >= 15 is 0 Å². The molecule has 0 aromatic carbocycles. The van der Waals surface area contributed by atoms with Crippen molar-refractivity contribution in [1.82, 2.24) is 9.88 Å². The van der Waals surface area contributed by atoms with Gasteiger partial charge in [-0.05, 0) is 37.3 Å². The fraction of sp³-hybridized carbons (Fsp3) is 0.571. The Bertz CT molecular complexity index is 441. The number of nitrogens with zero attached hydrogens (tertiary/aromatic N) is 2. The molecule has 3 nitrogen and oxygen atoms in total. The van der Waals surface area contributed by atoms with E-state index in [2.05, 4.69) is 18.8 Å². The van der Waals surface area contributed by atoms with Crippen LogP contribution >= 0.6 is 11.6 Å². The fourth-order valence-electron chi connectivity index (χ4n) is 2.38. The summed E-state index contributed by atoms with van der Waals surface area (Å²) in [6.45, 7) is 7.97. The van der Waals surface area contributed by atoms with Gasteiger partial charge in [-0.3, -0.25) is 4.79 Å². The smallest absolute Gasteiger partial charge is 0.254 e. The van der Waals surface area contributed by atoms with E-state index in [1.807, 2.05) is 11.8 Å². The summed E-state index contributed by atoms with van der Waals surface area (Å²) in [5, 5.41) is 0.386. The highest BCUT2D eigenvalue weighted by molar-refractivity contribution is 6.29. The van der Waals surface area contributed by atoms with Gasteiger partial charge in [0.05, 0.1) is 0 Å². The first-order chi connectivity index (χ1) is 8.47. The molecule has 2 atom stereocenters. The quantitative estimate of drug-likeness (QED) is 0.732. The summed E-state index contributed by atoms with van der Waals surface area (Å²) in [7, 11) is 0. The van der Waals surface area contributed by atoms with E-state index in [4.69, 9.17) is 11.6 Å². The van der Waals surface area contributed by atoms with Crippen molar-refractivity contribution in [3.05, 3.63) is 28.5 Å². The van der Waals surface area contributed by atoms with Gasteiger partial charge in [0.25, 0.3) is 5.91 Å². The molecule has 2 heterocycles. The van der Waals surface area contributed by atoms with Gasteiger partial charge in [0.1, 0.15) is 5.15 Å². The number of aryl methyl sites for hydroxylation is 1. The first-order valence-electron chi connectivity index (χ1n) is 6.41. The van der Waals surface area contributed by atoms with Gasteiger partial charge in [-0.2, -0.15) is 0 Å². The lowest BCUT2D eigenvalue weighted by molar-refractivity contribution is 0.0627. The van der Waals surface area contributed by atoms with Gasteiger partial charge in [0, 0.05) is 24.3 Å². The molecule has 4 heteroatoms. The van der Waals surface area contributed by atoms with Crippen molar-refractivity contribution in [2.45, 2.75) is 27.2 Å². The molecular formula is C14H19ClN2O.